The quantitative estimate of drug-likeness (QED) is 0.758. The van der Waals surface area contributed by atoms with Crippen LogP contribution in [-0.2, 0) is 10.3 Å². The molecule has 1 atom stereocenters. The fraction of sp³-hybridized carbons (Fsp3) is 0.353. The molecule has 0 bridgehead atoms. The van der Waals surface area contributed by atoms with Gasteiger partial charge in [-0.1, -0.05) is 28.1 Å². The normalized spacial score (nSPS) is 16.1. The van der Waals surface area contributed by atoms with E-state index in [0.717, 1.165) is 28.9 Å². The van der Waals surface area contributed by atoms with Crippen LogP contribution in [0.2, 0.25) is 0 Å². The Balaban J connectivity index is 0.00000169. The Morgan fingerprint density at radius 3 is 2.27 bits per heavy atom. The van der Waals surface area contributed by atoms with E-state index in [0.29, 0.717) is 13.1 Å². The number of piperazine rings is 1. The summed E-state index contributed by atoms with van der Waals surface area (Å²) < 4.78 is 0.965. The third-order valence-electron chi connectivity index (χ3n) is 4.34. The number of anilines is 1. The molecule has 2 aromatic rings. The average Bonchev–Trinajstić information content (AvgIpc) is 2.62. The Bertz CT molecular complexity index is 707. The lowest BCUT2D eigenvalue weighted by molar-refractivity contribution is -0.137. The SMILES string of the molecule is CC(N)(C(=O)N1CCN(c2cccnn2)CC1)c1ccc(Br)cc1.Cl.Cl. The van der Waals surface area contributed by atoms with Gasteiger partial charge in [0.25, 0.3) is 0 Å². The summed E-state index contributed by atoms with van der Waals surface area (Å²) in [6.07, 6.45) is 1.65. The molecule has 0 saturated carbocycles. The predicted molar refractivity (Wildman–Crippen MR) is 111 cm³/mol. The van der Waals surface area contributed by atoms with Crippen LogP contribution < -0.4 is 10.6 Å². The van der Waals surface area contributed by atoms with Gasteiger partial charge < -0.3 is 15.5 Å². The number of halogens is 3. The van der Waals surface area contributed by atoms with Crippen LogP contribution in [-0.4, -0.2) is 47.2 Å². The van der Waals surface area contributed by atoms with E-state index >= 15 is 0 Å². The minimum absolute atomic E-state index is 0. The van der Waals surface area contributed by atoms with E-state index in [2.05, 4.69) is 31.0 Å². The summed E-state index contributed by atoms with van der Waals surface area (Å²) in [6.45, 7) is 4.47. The molecule has 142 valence electrons. The van der Waals surface area contributed by atoms with Crippen molar-refractivity contribution < 1.29 is 4.79 Å². The Morgan fingerprint density at radius 2 is 1.73 bits per heavy atom. The number of hydrogen-bond acceptors (Lipinski definition) is 5. The summed E-state index contributed by atoms with van der Waals surface area (Å²) in [6, 6.07) is 11.4. The zero-order valence-electron chi connectivity index (χ0n) is 14.3. The molecule has 1 unspecified atom stereocenters. The predicted octanol–water partition coefficient (Wildman–Crippen LogP) is 2.61. The molecule has 6 nitrogen and oxygen atoms in total. The molecule has 1 aliphatic rings. The van der Waals surface area contributed by atoms with Gasteiger partial charge in [-0.05, 0) is 36.8 Å². The highest BCUT2D eigenvalue weighted by Crippen LogP contribution is 2.24. The highest BCUT2D eigenvalue weighted by Gasteiger charge is 2.35. The van der Waals surface area contributed by atoms with Crippen LogP contribution in [0, 0.1) is 0 Å². The summed E-state index contributed by atoms with van der Waals surface area (Å²) in [4.78, 5) is 16.8. The van der Waals surface area contributed by atoms with Crippen molar-refractivity contribution in [2.24, 2.45) is 5.73 Å². The number of rotatable bonds is 3. The second kappa shape index (κ2) is 9.50. The van der Waals surface area contributed by atoms with Gasteiger partial charge >= 0.3 is 0 Å². The lowest BCUT2D eigenvalue weighted by atomic mass is 9.91. The van der Waals surface area contributed by atoms with Gasteiger partial charge in [-0.25, -0.2) is 0 Å². The maximum atomic E-state index is 12.9. The molecule has 1 aliphatic heterocycles. The Hall–Kier alpha value is -1.41. The monoisotopic (exact) mass is 461 g/mol. The van der Waals surface area contributed by atoms with Gasteiger partial charge in [-0.2, -0.15) is 5.10 Å². The van der Waals surface area contributed by atoms with Gasteiger partial charge in [0.05, 0.1) is 0 Å². The molecule has 1 saturated heterocycles. The van der Waals surface area contributed by atoms with Crippen molar-refractivity contribution in [2.45, 2.75) is 12.5 Å². The maximum absolute atomic E-state index is 12.9. The number of nitrogens with two attached hydrogens (primary N) is 1. The van der Waals surface area contributed by atoms with E-state index in [1.165, 1.54) is 0 Å². The van der Waals surface area contributed by atoms with Gasteiger partial charge in [0.1, 0.15) is 5.54 Å². The van der Waals surface area contributed by atoms with Crippen LogP contribution >= 0.6 is 40.7 Å². The molecule has 0 radical (unpaired) electrons. The average molecular weight is 463 g/mol. The van der Waals surface area contributed by atoms with Crippen molar-refractivity contribution in [1.82, 2.24) is 15.1 Å². The molecule has 26 heavy (non-hydrogen) atoms. The van der Waals surface area contributed by atoms with E-state index in [1.807, 2.05) is 41.3 Å². The standard InChI is InChI=1S/C17H20BrN5O.2ClH/c1-17(19,13-4-6-14(18)7-5-13)16(24)23-11-9-22(10-12-23)15-3-2-8-20-21-15;;/h2-8H,9-12,19H2,1H3;2*1H. The topological polar surface area (TPSA) is 75.4 Å². The first kappa shape index (κ1) is 22.6. The van der Waals surface area contributed by atoms with Crippen LogP contribution in [0.25, 0.3) is 0 Å². The van der Waals surface area contributed by atoms with E-state index in [1.54, 1.807) is 13.1 Å². The van der Waals surface area contributed by atoms with Gasteiger partial charge in [0.2, 0.25) is 5.91 Å². The van der Waals surface area contributed by atoms with Crippen LogP contribution in [0.1, 0.15) is 12.5 Å². The number of hydrogen-bond donors (Lipinski definition) is 1. The van der Waals surface area contributed by atoms with E-state index in [9.17, 15) is 4.79 Å². The smallest absolute Gasteiger partial charge is 0.247 e. The summed E-state index contributed by atoms with van der Waals surface area (Å²) in [5, 5.41) is 8.02. The third-order valence-corrected chi connectivity index (χ3v) is 4.87. The third kappa shape index (κ3) is 4.85. The number of carbonyl (C=O) groups is 1. The molecule has 1 amide bonds. The lowest BCUT2D eigenvalue weighted by Gasteiger charge is -2.38. The Labute approximate surface area is 174 Å². The fourth-order valence-corrected chi connectivity index (χ4v) is 3.11. The number of aromatic nitrogens is 2. The summed E-state index contributed by atoms with van der Waals surface area (Å²) in [5.41, 5.74) is 6.15. The second-order valence-corrected chi connectivity index (χ2v) is 6.99. The molecule has 2 heterocycles. The first-order valence-electron chi connectivity index (χ1n) is 7.85. The van der Waals surface area contributed by atoms with Crippen molar-refractivity contribution >= 4 is 52.5 Å². The lowest BCUT2D eigenvalue weighted by Crippen LogP contribution is -2.57. The van der Waals surface area contributed by atoms with Crippen molar-refractivity contribution in [2.75, 3.05) is 31.1 Å². The van der Waals surface area contributed by atoms with Crippen LogP contribution in [0.5, 0.6) is 0 Å². The van der Waals surface area contributed by atoms with E-state index in [-0.39, 0.29) is 30.7 Å². The van der Waals surface area contributed by atoms with E-state index in [4.69, 9.17) is 5.73 Å². The molecule has 0 aliphatic carbocycles. The Morgan fingerprint density at radius 1 is 1.12 bits per heavy atom. The van der Waals surface area contributed by atoms with Gasteiger partial charge in [0, 0.05) is 36.8 Å². The molecule has 3 rings (SSSR count). The molecule has 1 aromatic carbocycles. The number of benzene rings is 1. The minimum Gasteiger partial charge on any atom is -0.352 e. The Kier molecular flexibility index (Phi) is 8.27. The van der Waals surface area contributed by atoms with Gasteiger partial charge in [-0.15, -0.1) is 29.9 Å². The molecule has 9 heteroatoms. The number of carbonyl (C=O) groups excluding carboxylic acids is 1. The molecule has 1 fully saturated rings. The number of nitrogens with zero attached hydrogens (tertiary/aromatic N) is 4. The van der Waals surface area contributed by atoms with E-state index < -0.39 is 5.54 Å². The molecular weight excluding hydrogens is 441 g/mol. The minimum atomic E-state index is -1.03. The zero-order valence-corrected chi connectivity index (χ0v) is 17.6. The van der Waals surface area contributed by atoms with Crippen LogP contribution in [0.15, 0.2) is 47.1 Å². The van der Waals surface area contributed by atoms with Crippen molar-refractivity contribution in [3.05, 3.63) is 52.6 Å². The molecular formula is C17H22BrCl2N5O. The van der Waals surface area contributed by atoms with Crippen molar-refractivity contribution in [3.8, 4) is 0 Å². The zero-order chi connectivity index (χ0) is 17.2. The second-order valence-electron chi connectivity index (χ2n) is 6.07. The highest BCUT2D eigenvalue weighted by atomic mass is 79.9. The fourth-order valence-electron chi connectivity index (χ4n) is 2.85. The van der Waals surface area contributed by atoms with Crippen molar-refractivity contribution in [1.29, 1.82) is 0 Å². The van der Waals surface area contributed by atoms with Crippen LogP contribution in [0.4, 0.5) is 5.82 Å². The van der Waals surface area contributed by atoms with Crippen molar-refractivity contribution in [3.63, 3.8) is 0 Å². The molecule has 1 aromatic heterocycles. The van der Waals surface area contributed by atoms with Gasteiger partial charge in [0.15, 0.2) is 5.82 Å². The summed E-state index contributed by atoms with van der Waals surface area (Å²) in [7, 11) is 0. The highest BCUT2D eigenvalue weighted by molar-refractivity contribution is 9.10. The number of amides is 1. The maximum Gasteiger partial charge on any atom is 0.247 e. The summed E-state index contributed by atoms with van der Waals surface area (Å²) in [5.74, 6) is 0.789. The first-order valence-corrected chi connectivity index (χ1v) is 8.65. The largest absolute Gasteiger partial charge is 0.352 e. The first-order chi connectivity index (χ1) is 11.5. The van der Waals surface area contributed by atoms with Crippen LogP contribution in [0.3, 0.4) is 0 Å². The molecule has 2 N–H and O–H groups in total. The molecule has 0 spiro atoms. The van der Waals surface area contributed by atoms with Gasteiger partial charge in [-0.3, -0.25) is 4.79 Å². The summed E-state index contributed by atoms with van der Waals surface area (Å²) >= 11 is 3.40.